The Hall–Kier alpha value is -1.75. The van der Waals surface area contributed by atoms with Crippen LogP contribution in [0, 0.1) is 13.8 Å². The summed E-state index contributed by atoms with van der Waals surface area (Å²) < 4.78 is 12.2. The summed E-state index contributed by atoms with van der Waals surface area (Å²) in [7, 11) is 0. The Bertz CT molecular complexity index is 873. The number of halogens is 1. The van der Waals surface area contributed by atoms with E-state index in [-0.39, 0.29) is 6.61 Å². The molecule has 0 aromatic heterocycles. The highest BCUT2D eigenvalue weighted by Gasteiger charge is 2.34. The minimum Gasteiger partial charge on any atom is -0.491 e. The summed E-state index contributed by atoms with van der Waals surface area (Å²) in [5.74, 6) is 1.73. The van der Waals surface area contributed by atoms with E-state index in [1.807, 2.05) is 26.0 Å². The number of ether oxygens (including phenoxy) is 2. The van der Waals surface area contributed by atoms with E-state index in [4.69, 9.17) is 21.1 Å². The van der Waals surface area contributed by atoms with Gasteiger partial charge in [-0.2, -0.15) is 0 Å². The fourth-order valence-electron chi connectivity index (χ4n) is 4.84. The third-order valence-electron chi connectivity index (χ3n) is 6.46. The number of hydrogen-bond donors (Lipinski definition) is 1. The molecule has 1 saturated carbocycles. The maximum Gasteiger partial charge on any atom is 0.120 e. The van der Waals surface area contributed by atoms with Crippen LogP contribution in [0.4, 0.5) is 0 Å². The number of β-amino-alcohol motifs (C(OH)–C–C–N with tert-alkyl or cyclic N) is 1. The van der Waals surface area contributed by atoms with Crippen molar-refractivity contribution in [2.75, 3.05) is 19.7 Å². The van der Waals surface area contributed by atoms with E-state index in [2.05, 4.69) is 29.2 Å². The van der Waals surface area contributed by atoms with Crippen molar-refractivity contribution in [3.63, 3.8) is 0 Å². The van der Waals surface area contributed by atoms with Crippen LogP contribution in [0.25, 0.3) is 0 Å². The van der Waals surface area contributed by atoms with Gasteiger partial charge in [0.1, 0.15) is 23.7 Å². The predicted molar refractivity (Wildman–Crippen MR) is 125 cm³/mol. The molecule has 4 nitrogen and oxygen atoms in total. The van der Waals surface area contributed by atoms with Gasteiger partial charge in [0, 0.05) is 18.1 Å². The zero-order valence-corrected chi connectivity index (χ0v) is 19.5. The summed E-state index contributed by atoms with van der Waals surface area (Å²) in [5.41, 5.74) is 2.37. The zero-order valence-electron chi connectivity index (χ0n) is 18.7. The highest BCUT2D eigenvalue weighted by Crippen LogP contribution is 2.29. The second kappa shape index (κ2) is 9.81. The van der Waals surface area contributed by atoms with Gasteiger partial charge in [-0.15, -0.1) is 0 Å². The average molecular weight is 444 g/mol. The molecule has 1 atom stereocenters. The van der Waals surface area contributed by atoms with Crippen molar-refractivity contribution >= 4 is 11.6 Å². The lowest BCUT2D eigenvalue weighted by Gasteiger charge is -2.39. The molecule has 2 fully saturated rings. The van der Waals surface area contributed by atoms with Crippen LogP contribution in [0.2, 0.25) is 5.02 Å². The minimum absolute atomic E-state index is 0.287. The molecule has 1 aliphatic carbocycles. The maximum atomic E-state index is 11.2. The number of likely N-dealkylation sites (tertiary alicyclic amines) is 1. The molecule has 1 heterocycles. The monoisotopic (exact) mass is 443 g/mol. The van der Waals surface area contributed by atoms with Crippen LogP contribution in [0.5, 0.6) is 11.5 Å². The van der Waals surface area contributed by atoms with Crippen LogP contribution in [-0.2, 0) is 6.54 Å². The van der Waals surface area contributed by atoms with Gasteiger partial charge in [-0.05, 0) is 99.9 Å². The molecule has 4 rings (SSSR count). The van der Waals surface area contributed by atoms with Gasteiger partial charge in [0.15, 0.2) is 0 Å². The summed E-state index contributed by atoms with van der Waals surface area (Å²) >= 11 is 6.26. The number of nitrogens with zero attached hydrogens (tertiary/aromatic N) is 1. The molecule has 5 heteroatoms. The third-order valence-corrected chi connectivity index (χ3v) is 7.06. The molecule has 168 valence electrons. The van der Waals surface area contributed by atoms with Gasteiger partial charge >= 0.3 is 0 Å². The van der Waals surface area contributed by atoms with Crippen molar-refractivity contribution in [2.45, 2.75) is 70.6 Å². The molecule has 2 aliphatic rings. The number of rotatable bonds is 7. The van der Waals surface area contributed by atoms with E-state index < -0.39 is 5.60 Å². The van der Waals surface area contributed by atoms with Gasteiger partial charge in [-0.1, -0.05) is 23.7 Å². The molecule has 1 saturated heterocycles. The summed E-state index contributed by atoms with van der Waals surface area (Å²) in [6, 6.07) is 12.3. The van der Waals surface area contributed by atoms with Crippen LogP contribution in [0.1, 0.15) is 55.2 Å². The first kappa shape index (κ1) is 22.4. The molecule has 0 radical (unpaired) electrons. The second-order valence-corrected chi connectivity index (χ2v) is 9.75. The van der Waals surface area contributed by atoms with E-state index in [1.165, 1.54) is 18.4 Å². The van der Waals surface area contributed by atoms with Crippen molar-refractivity contribution in [1.82, 2.24) is 4.90 Å². The predicted octanol–water partition coefficient (Wildman–Crippen LogP) is 5.68. The molecule has 1 aliphatic heterocycles. The Morgan fingerprint density at radius 3 is 2.55 bits per heavy atom. The molecular weight excluding hydrogens is 410 g/mol. The highest BCUT2D eigenvalue weighted by atomic mass is 35.5. The van der Waals surface area contributed by atoms with Gasteiger partial charge in [0.25, 0.3) is 0 Å². The van der Waals surface area contributed by atoms with Crippen LogP contribution in [0.3, 0.4) is 0 Å². The summed E-state index contributed by atoms with van der Waals surface area (Å²) in [6.45, 7) is 6.63. The second-order valence-electron chi connectivity index (χ2n) is 9.37. The summed E-state index contributed by atoms with van der Waals surface area (Å²) in [4.78, 5) is 2.32. The van der Waals surface area contributed by atoms with E-state index in [1.54, 1.807) is 0 Å². The lowest BCUT2D eigenvalue weighted by Crippen LogP contribution is -2.51. The summed E-state index contributed by atoms with van der Waals surface area (Å²) in [6.07, 6.45) is 6.94. The van der Waals surface area contributed by atoms with Gasteiger partial charge in [0.2, 0.25) is 0 Å². The minimum atomic E-state index is -0.850. The lowest BCUT2D eigenvalue weighted by molar-refractivity contribution is -0.0621. The van der Waals surface area contributed by atoms with Crippen molar-refractivity contribution < 1.29 is 14.6 Å². The quantitative estimate of drug-likeness (QED) is 0.597. The smallest absolute Gasteiger partial charge is 0.120 e. The molecular formula is C26H34ClNO3. The van der Waals surface area contributed by atoms with E-state index in [0.717, 1.165) is 66.4 Å². The lowest BCUT2D eigenvalue weighted by atomic mass is 9.93. The SMILES string of the molecule is Cc1cc(OCC2(O)CCCN(Cc3cccc(OC4CCCC4)c3)C2)cc(C)c1Cl. The largest absolute Gasteiger partial charge is 0.491 e. The van der Waals surface area contributed by atoms with Gasteiger partial charge in [0.05, 0.1) is 6.10 Å². The van der Waals surface area contributed by atoms with E-state index in [9.17, 15) is 5.11 Å². The van der Waals surface area contributed by atoms with Crippen LogP contribution >= 0.6 is 11.6 Å². The first-order valence-electron chi connectivity index (χ1n) is 11.5. The Labute approximate surface area is 191 Å². The van der Waals surface area contributed by atoms with E-state index >= 15 is 0 Å². The highest BCUT2D eigenvalue weighted by molar-refractivity contribution is 6.32. The fourth-order valence-corrected chi connectivity index (χ4v) is 4.95. The molecule has 1 unspecified atom stereocenters. The van der Waals surface area contributed by atoms with Crippen LogP contribution in [0.15, 0.2) is 36.4 Å². The number of aliphatic hydroxyl groups is 1. The Morgan fingerprint density at radius 1 is 1.06 bits per heavy atom. The average Bonchev–Trinajstić information content (AvgIpc) is 3.24. The van der Waals surface area contributed by atoms with Crippen molar-refractivity contribution in [3.05, 3.63) is 58.1 Å². The molecule has 0 bridgehead atoms. The van der Waals surface area contributed by atoms with Crippen molar-refractivity contribution in [2.24, 2.45) is 0 Å². The first-order chi connectivity index (χ1) is 14.9. The molecule has 2 aromatic rings. The summed E-state index contributed by atoms with van der Waals surface area (Å²) in [5, 5.41) is 12.0. The Balaban J connectivity index is 1.34. The van der Waals surface area contributed by atoms with Gasteiger partial charge in [-0.25, -0.2) is 0 Å². The number of benzene rings is 2. The first-order valence-corrected chi connectivity index (χ1v) is 11.9. The Kier molecular flexibility index (Phi) is 7.10. The molecule has 0 spiro atoms. The molecule has 0 amide bonds. The van der Waals surface area contributed by atoms with Crippen molar-refractivity contribution in [1.29, 1.82) is 0 Å². The van der Waals surface area contributed by atoms with Crippen LogP contribution in [-0.4, -0.2) is 41.4 Å². The van der Waals surface area contributed by atoms with Gasteiger partial charge in [-0.3, -0.25) is 4.90 Å². The number of piperidine rings is 1. The third kappa shape index (κ3) is 5.94. The normalized spacial score (nSPS) is 22.6. The van der Waals surface area contributed by atoms with Crippen LogP contribution < -0.4 is 9.47 Å². The molecule has 2 aromatic carbocycles. The molecule has 1 N–H and O–H groups in total. The Morgan fingerprint density at radius 2 is 1.81 bits per heavy atom. The number of aryl methyl sites for hydroxylation is 2. The maximum absolute atomic E-state index is 11.2. The van der Waals surface area contributed by atoms with Gasteiger partial charge < -0.3 is 14.6 Å². The number of hydrogen-bond acceptors (Lipinski definition) is 4. The standard InChI is InChI=1S/C26H34ClNO3/c1-19-13-24(14-20(2)25(19)27)30-18-26(29)11-6-12-28(17-26)16-21-7-5-10-23(15-21)31-22-8-3-4-9-22/h5,7,10,13-15,22,29H,3-4,6,8-9,11-12,16-18H2,1-2H3. The van der Waals surface area contributed by atoms with E-state index in [0.29, 0.717) is 12.6 Å². The van der Waals surface area contributed by atoms with Crippen molar-refractivity contribution in [3.8, 4) is 11.5 Å². The topological polar surface area (TPSA) is 41.9 Å². The molecule has 31 heavy (non-hydrogen) atoms. The fraction of sp³-hybridized carbons (Fsp3) is 0.538. The zero-order chi connectivity index (χ0) is 21.8.